The fourth-order valence-electron chi connectivity index (χ4n) is 3.51. The summed E-state index contributed by atoms with van der Waals surface area (Å²) in [6.45, 7) is 2.20. The summed E-state index contributed by atoms with van der Waals surface area (Å²) in [5.74, 6) is 0.991. The molecule has 1 heterocycles. The number of aromatic amines is 1. The molecule has 0 aliphatic carbocycles. The predicted octanol–water partition coefficient (Wildman–Crippen LogP) is 5.00. The maximum atomic E-state index is 12.4. The van der Waals surface area contributed by atoms with Gasteiger partial charge in [0.2, 0.25) is 0 Å². The maximum Gasteiger partial charge on any atom is 0.323 e. The summed E-state index contributed by atoms with van der Waals surface area (Å²) in [6.07, 6.45) is 0.909. The Kier molecular flexibility index (Phi) is 6.23. The van der Waals surface area contributed by atoms with E-state index in [9.17, 15) is 4.79 Å². The fraction of sp³-hybridized carbons (Fsp3) is 0.167. The minimum absolute atomic E-state index is 0.124. The monoisotopic (exact) mass is 431 g/mol. The number of hydrogen-bond acceptors (Lipinski definition) is 5. The zero-order valence-electron chi connectivity index (χ0n) is 17.9. The average molecular weight is 431 g/mol. The summed E-state index contributed by atoms with van der Waals surface area (Å²) >= 11 is 0. The summed E-state index contributed by atoms with van der Waals surface area (Å²) in [5, 5.41) is 13.5. The average Bonchev–Trinajstić information content (AvgIpc) is 3.20. The Labute approximate surface area is 185 Å². The van der Waals surface area contributed by atoms with Crippen LogP contribution in [0.2, 0.25) is 0 Å². The lowest BCUT2D eigenvalue weighted by molar-refractivity contribution is 0.0521. The van der Waals surface area contributed by atoms with Crippen LogP contribution in [-0.2, 0) is 11.2 Å². The number of urea groups is 1. The summed E-state index contributed by atoms with van der Waals surface area (Å²) in [4.78, 5) is 12.4. The number of carbonyl (C=O) groups is 1. The fourth-order valence-corrected chi connectivity index (χ4v) is 3.51. The number of H-pyrrole nitrogens is 1. The van der Waals surface area contributed by atoms with Gasteiger partial charge in [-0.15, -0.1) is 0 Å². The molecule has 0 saturated heterocycles. The number of ether oxygens (including phenoxy) is 2. The highest BCUT2D eigenvalue weighted by molar-refractivity contribution is 6.04. The number of fused-ring (bicyclic) bond motifs is 1. The molecule has 8 heteroatoms. The van der Waals surface area contributed by atoms with E-state index in [0.717, 1.165) is 34.2 Å². The number of aromatic nitrogens is 2. The Morgan fingerprint density at radius 1 is 1.06 bits per heavy atom. The van der Waals surface area contributed by atoms with Gasteiger partial charge in [0.05, 0.1) is 5.39 Å². The first-order valence-corrected chi connectivity index (χ1v) is 10.2. The van der Waals surface area contributed by atoms with E-state index in [1.54, 1.807) is 7.11 Å². The lowest BCUT2D eigenvalue weighted by atomic mass is 10.0. The van der Waals surface area contributed by atoms with Crippen molar-refractivity contribution >= 4 is 34.1 Å². The molecule has 0 spiro atoms. The number of nitrogens with two attached hydrogens (primary N) is 1. The molecule has 0 saturated carbocycles. The predicted molar refractivity (Wildman–Crippen MR) is 127 cm³/mol. The van der Waals surface area contributed by atoms with Crippen molar-refractivity contribution < 1.29 is 14.3 Å². The van der Waals surface area contributed by atoms with Gasteiger partial charge in [-0.05, 0) is 59.5 Å². The zero-order chi connectivity index (χ0) is 22.5. The van der Waals surface area contributed by atoms with Crippen LogP contribution in [0, 0.1) is 0 Å². The van der Waals surface area contributed by atoms with Gasteiger partial charge in [0.15, 0.2) is 12.6 Å². The maximum absolute atomic E-state index is 12.4. The highest BCUT2D eigenvalue weighted by Gasteiger charge is 2.15. The normalized spacial score (nSPS) is 10.8. The summed E-state index contributed by atoms with van der Waals surface area (Å²) in [7, 11) is 1.56. The van der Waals surface area contributed by atoms with Crippen molar-refractivity contribution in [2.45, 2.75) is 13.3 Å². The second-order valence-corrected chi connectivity index (χ2v) is 7.23. The molecule has 0 radical (unpaired) electrons. The highest BCUT2D eigenvalue weighted by atomic mass is 16.7. The molecule has 0 bridgehead atoms. The van der Waals surface area contributed by atoms with Crippen molar-refractivity contribution in [3.8, 4) is 16.9 Å². The van der Waals surface area contributed by atoms with E-state index in [1.807, 2.05) is 60.7 Å². The number of rotatable bonds is 7. The van der Waals surface area contributed by atoms with Crippen molar-refractivity contribution in [2.24, 2.45) is 0 Å². The molecule has 8 nitrogen and oxygen atoms in total. The topological polar surface area (TPSA) is 114 Å². The number of anilines is 3. The van der Waals surface area contributed by atoms with E-state index in [4.69, 9.17) is 15.2 Å². The molecule has 0 aliphatic rings. The first kappa shape index (κ1) is 21.2. The lowest BCUT2D eigenvalue weighted by Crippen LogP contribution is -2.19. The van der Waals surface area contributed by atoms with Gasteiger partial charge in [-0.2, -0.15) is 5.10 Å². The van der Waals surface area contributed by atoms with Gasteiger partial charge in [-0.3, -0.25) is 5.10 Å². The number of nitrogen functional groups attached to an aromatic ring is 1. The van der Waals surface area contributed by atoms with E-state index >= 15 is 0 Å². The van der Waals surface area contributed by atoms with Crippen molar-refractivity contribution in [1.29, 1.82) is 0 Å². The van der Waals surface area contributed by atoms with E-state index < -0.39 is 0 Å². The third-order valence-electron chi connectivity index (χ3n) is 5.09. The van der Waals surface area contributed by atoms with Gasteiger partial charge >= 0.3 is 6.03 Å². The minimum Gasteiger partial charge on any atom is -0.465 e. The van der Waals surface area contributed by atoms with Crippen LogP contribution in [0.4, 0.5) is 22.0 Å². The summed E-state index contributed by atoms with van der Waals surface area (Å²) < 4.78 is 10.6. The molecule has 0 aliphatic heterocycles. The molecule has 3 aromatic carbocycles. The zero-order valence-corrected chi connectivity index (χ0v) is 17.9. The standard InChI is InChI=1S/C24H25N5O3/c1-3-15-5-4-6-18(13-15)27-24(30)26-17-9-7-16(8-10-17)19-11-12-20(32-14-31-2)22-21(19)23(25)29-28-22/h4-13H,3,14H2,1-2H3,(H3,25,28,29)(H2,26,27,30). The Bertz CT molecular complexity index is 1230. The molecular formula is C24H25N5O3. The summed E-state index contributed by atoms with van der Waals surface area (Å²) in [5.41, 5.74) is 11.2. The van der Waals surface area contributed by atoms with Crippen LogP contribution in [-0.4, -0.2) is 30.1 Å². The second kappa shape index (κ2) is 9.40. The lowest BCUT2D eigenvalue weighted by Gasteiger charge is -2.11. The third-order valence-corrected chi connectivity index (χ3v) is 5.09. The Hall–Kier alpha value is -4.04. The van der Waals surface area contributed by atoms with E-state index in [2.05, 4.69) is 27.8 Å². The van der Waals surface area contributed by atoms with Crippen LogP contribution in [0.5, 0.6) is 5.75 Å². The van der Waals surface area contributed by atoms with Crippen molar-refractivity contribution in [3.63, 3.8) is 0 Å². The number of benzene rings is 3. The van der Waals surface area contributed by atoms with Gasteiger partial charge in [0, 0.05) is 18.5 Å². The van der Waals surface area contributed by atoms with Gasteiger partial charge in [-0.1, -0.05) is 31.2 Å². The van der Waals surface area contributed by atoms with E-state index in [1.165, 1.54) is 0 Å². The molecular weight excluding hydrogens is 406 g/mol. The van der Waals surface area contributed by atoms with Crippen LogP contribution < -0.4 is 21.1 Å². The molecule has 164 valence electrons. The Morgan fingerprint density at radius 3 is 2.59 bits per heavy atom. The van der Waals surface area contributed by atoms with Crippen LogP contribution in [0.1, 0.15) is 12.5 Å². The first-order valence-electron chi connectivity index (χ1n) is 10.2. The van der Waals surface area contributed by atoms with Gasteiger partial charge < -0.3 is 25.8 Å². The molecule has 2 amide bonds. The molecule has 0 fully saturated rings. The van der Waals surface area contributed by atoms with E-state index in [0.29, 0.717) is 22.8 Å². The number of aryl methyl sites for hydroxylation is 1. The molecule has 4 rings (SSSR count). The van der Waals surface area contributed by atoms with Crippen molar-refractivity contribution in [2.75, 3.05) is 30.3 Å². The van der Waals surface area contributed by atoms with Gasteiger partial charge in [-0.25, -0.2) is 4.79 Å². The van der Waals surface area contributed by atoms with Crippen LogP contribution in [0.15, 0.2) is 60.7 Å². The Balaban J connectivity index is 1.52. The number of amides is 2. The van der Waals surface area contributed by atoms with Crippen molar-refractivity contribution in [1.82, 2.24) is 10.2 Å². The quantitative estimate of drug-likeness (QED) is 0.307. The van der Waals surface area contributed by atoms with Crippen molar-refractivity contribution in [3.05, 3.63) is 66.2 Å². The van der Waals surface area contributed by atoms with Crippen LogP contribution >= 0.6 is 0 Å². The molecule has 4 aromatic rings. The second-order valence-electron chi connectivity index (χ2n) is 7.23. The largest absolute Gasteiger partial charge is 0.465 e. The first-order chi connectivity index (χ1) is 15.6. The van der Waals surface area contributed by atoms with Crippen LogP contribution in [0.25, 0.3) is 22.0 Å². The molecule has 5 N–H and O–H groups in total. The molecule has 32 heavy (non-hydrogen) atoms. The number of nitrogens with zero attached hydrogens (tertiary/aromatic N) is 1. The van der Waals surface area contributed by atoms with Gasteiger partial charge in [0.25, 0.3) is 0 Å². The Morgan fingerprint density at radius 2 is 1.84 bits per heavy atom. The SMILES string of the molecule is CCc1cccc(NC(=O)Nc2ccc(-c3ccc(OCOC)c4[nH]nc(N)c34)cc2)c1. The number of methoxy groups -OCH3 is 1. The molecule has 0 atom stereocenters. The molecule has 0 unspecified atom stereocenters. The highest BCUT2D eigenvalue weighted by Crippen LogP contribution is 2.36. The minimum atomic E-state index is -0.299. The van der Waals surface area contributed by atoms with E-state index in [-0.39, 0.29) is 12.8 Å². The summed E-state index contributed by atoms with van der Waals surface area (Å²) in [6, 6.07) is 18.8. The smallest absolute Gasteiger partial charge is 0.323 e. The number of carbonyl (C=O) groups excluding carboxylic acids is 1. The molecule has 1 aromatic heterocycles. The third kappa shape index (κ3) is 4.50. The number of nitrogens with one attached hydrogen (secondary N) is 3. The van der Waals surface area contributed by atoms with Crippen LogP contribution in [0.3, 0.4) is 0 Å². The van der Waals surface area contributed by atoms with Gasteiger partial charge in [0.1, 0.15) is 11.3 Å². The number of hydrogen-bond donors (Lipinski definition) is 4.